The van der Waals surface area contributed by atoms with E-state index in [1.807, 2.05) is 6.07 Å². The fourth-order valence-electron chi connectivity index (χ4n) is 2.49. The molecule has 0 unspecified atom stereocenters. The van der Waals surface area contributed by atoms with Gasteiger partial charge in [-0.1, -0.05) is 6.07 Å². The molecule has 3 nitrogen and oxygen atoms in total. The van der Waals surface area contributed by atoms with Gasteiger partial charge in [0.1, 0.15) is 0 Å². The molecule has 0 heterocycles. The molecule has 0 fully saturated rings. The summed E-state index contributed by atoms with van der Waals surface area (Å²) in [4.78, 5) is 12.1. The summed E-state index contributed by atoms with van der Waals surface area (Å²) in [6, 6.07) is 13.1. The number of anilines is 2. The van der Waals surface area contributed by atoms with E-state index in [2.05, 4.69) is 17.4 Å². The second-order valence-corrected chi connectivity index (χ2v) is 4.91. The lowest BCUT2D eigenvalue weighted by molar-refractivity contribution is 0.102. The summed E-state index contributed by atoms with van der Waals surface area (Å²) in [6.45, 7) is 0. The molecule has 0 spiro atoms. The van der Waals surface area contributed by atoms with Crippen molar-refractivity contribution in [2.45, 2.75) is 19.3 Å². The van der Waals surface area contributed by atoms with Crippen molar-refractivity contribution in [1.82, 2.24) is 0 Å². The molecule has 2 aromatic rings. The van der Waals surface area contributed by atoms with Gasteiger partial charge in [-0.15, -0.1) is 0 Å². The third kappa shape index (κ3) is 2.45. The zero-order valence-corrected chi connectivity index (χ0v) is 10.6. The lowest BCUT2D eigenvalue weighted by atomic mass is 10.1. The summed E-state index contributed by atoms with van der Waals surface area (Å²) in [5, 5.41) is 2.93. The molecule has 0 bridgehead atoms. The summed E-state index contributed by atoms with van der Waals surface area (Å²) in [6.07, 6.45) is 3.48. The van der Waals surface area contributed by atoms with E-state index in [9.17, 15) is 4.79 Å². The predicted octanol–water partition coefficient (Wildman–Crippen LogP) is 3.01. The Kier molecular flexibility index (Phi) is 2.95. The van der Waals surface area contributed by atoms with Gasteiger partial charge in [-0.2, -0.15) is 0 Å². The van der Waals surface area contributed by atoms with Crippen molar-refractivity contribution in [3.8, 4) is 0 Å². The smallest absolute Gasteiger partial charge is 0.255 e. The molecule has 0 saturated heterocycles. The van der Waals surface area contributed by atoms with Crippen LogP contribution < -0.4 is 11.1 Å². The summed E-state index contributed by atoms with van der Waals surface area (Å²) in [5.41, 5.74) is 10.5. The molecule has 2 aromatic carbocycles. The highest BCUT2D eigenvalue weighted by Gasteiger charge is 2.12. The second-order valence-electron chi connectivity index (χ2n) is 4.91. The molecular formula is C16H16N2O. The van der Waals surface area contributed by atoms with Gasteiger partial charge in [0.2, 0.25) is 0 Å². The monoisotopic (exact) mass is 252 g/mol. The first-order valence-corrected chi connectivity index (χ1v) is 6.51. The largest absolute Gasteiger partial charge is 0.399 e. The maximum Gasteiger partial charge on any atom is 0.255 e. The van der Waals surface area contributed by atoms with Crippen LogP contribution in [0, 0.1) is 0 Å². The van der Waals surface area contributed by atoms with Crippen molar-refractivity contribution in [3.63, 3.8) is 0 Å². The number of fused-ring (bicyclic) bond motifs is 1. The van der Waals surface area contributed by atoms with E-state index >= 15 is 0 Å². The van der Waals surface area contributed by atoms with Gasteiger partial charge >= 0.3 is 0 Å². The van der Waals surface area contributed by atoms with Crippen molar-refractivity contribution in [2.24, 2.45) is 0 Å². The van der Waals surface area contributed by atoms with Crippen LogP contribution in [-0.4, -0.2) is 5.91 Å². The van der Waals surface area contributed by atoms with Gasteiger partial charge in [0.25, 0.3) is 5.91 Å². The van der Waals surface area contributed by atoms with E-state index in [0.29, 0.717) is 11.3 Å². The van der Waals surface area contributed by atoms with Crippen LogP contribution >= 0.6 is 0 Å². The summed E-state index contributed by atoms with van der Waals surface area (Å²) in [5.74, 6) is -0.0991. The Balaban J connectivity index is 1.77. The second kappa shape index (κ2) is 4.76. The van der Waals surface area contributed by atoms with Gasteiger partial charge in [0.05, 0.1) is 0 Å². The average molecular weight is 252 g/mol. The highest BCUT2D eigenvalue weighted by Crippen LogP contribution is 2.25. The van der Waals surface area contributed by atoms with Crippen LogP contribution in [0.2, 0.25) is 0 Å². The third-order valence-corrected chi connectivity index (χ3v) is 3.53. The van der Waals surface area contributed by atoms with Crippen LogP contribution in [0.5, 0.6) is 0 Å². The third-order valence-electron chi connectivity index (χ3n) is 3.53. The first-order valence-electron chi connectivity index (χ1n) is 6.51. The minimum absolute atomic E-state index is 0.0991. The van der Waals surface area contributed by atoms with Gasteiger partial charge in [0, 0.05) is 16.9 Å². The number of carbonyl (C=O) groups excluding carboxylic acids is 1. The SMILES string of the molecule is Nc1ccc(C(=O)Nc2ccc3c(c2)CCC3)cc1. The fraction of sp³-hybridized carbons (Fsp3) is 0.188. The number of hydrogen-bond donors (Lipinski definition) is 2. The molecule has 0 atom stereocenters. The number of hydrogen-bond acceptors (Lipinski definition) is 2. The average Bonchev–Trinajstić information content (AvgIpc) is 2.87. The quantitative estimate of drug-likeness (QED) is 0.807. The summed E-state index contributed by atoms with van der Waals surface area (Å²) in [7, 11) is 0. The number of carbonyl (C=O) groups is 1. The number of nitrogen functional groups attached to an aromatic ring is 1. The first kappa shape index (κ1) is 11.8. The molecule has 96 valence electrons. The van der Waals surface area contributed by atoms with E-state index < -0.39 is 0 Å². The number of amides is 1. The Bertz CT molecular complexity index is 617. The van der Waals surface area contributed by atoms with E-state index in [-0.39, 0.29) is 5.91 Å². The lowest BCUT2D eigenvalue weighted by Crippen LogP contribution is -2.12. The molecule has 1 aliphatic carbocycles. The van der Waals surface area contributed by atoms with Gasteiger partial charge in [-0.25, -0.2) is 0 Å². The molecule has 0 radical (unpaired) electrons. The van der Waals surface area contributed by atoms with E-state index in [4.69, 9.17) is 5.73 Å². The standard InChI is InChI=1S/C16H16N2O/c17-14-7-4-12(5-8-14)16(19)18-15-9-6-11-2-1-3-13(11)10-15/h4-10H,1-3,17H2,(H,18,19). The molecule has 0 saturated carbocycles. The maximum atomic E-state index is 12.1. The van der Waals surface area contributed by atoms with Crippen molar-refractivity contribution >= 4 is 17.3 Å². The molecule has 0 aromatic heterocycles. The van der Waals surface area contributed by atoms with Gasteiger partial charge in [-0.3, -0.25) is 4.79 Å². The Hall–Kier alpha value is -2.29. The molecule has 3 rings (SSSR count). The minimum atomic E-state index is -0.0991. The highest BCUT2D eigenvalue weighted by atomic mass is 16.1. The molecule has 19 heavy (non-hydrogen) atoms. The Morgan fingerprint density at radius 1 is 1.00 bits per heavy atom. The van der Waals surface area contributed by atoms with Crippen LogP contribution in [0.15, 0.2) is 42.5 Å². The van der Waals surface area contributed by atoms with E-state index in [1.165, 1.54) is 17.5 Å². The normalized spacial score (nSPS) is 13.1. The number of nitrogens with two attached hydrogens (primary N) is 1. The van der Waals surface area contributed by atoms with Gasteiger partial charge in [-0.05, 0) is 66.8 Å². The summed E-state index contributed by atoms with van der Waals surface area (Å²) < 4.78 is 0. The van der Waals surface area contributed by atoms with E-state index in [0.717, 1.165) is 18.5 Å². The molecular weight excluding hydrogens is 236 g/mol. The molecule has 3 N–H and O–H groups in total. The van der Waals surface area contributed by atoms with Crippen LogP contribution in [0.1, 0.15) is 27.9 Å². The fourth-order valence-corrected chi connectivity index (χ4v) is 2.49. The summed E-state index contributed by atoms with van der Waals surface area (Å²) >= 11 is 0. The Morgan fingerprint density at radius 3 is 2.53 bits per heavy atom. The highest BCUT2D eigenvalue weighted by molar-refractivity contribution is 6.04. The number of nitrogens with one attached hydrogen (secondary N) is 1. The zero-order valence-electron chi connectivity index (χ0n) is 10.6. The number of rotatable bonds is 2. The van der Waals surface area contributed by atoms with Crippen molar-refractivity contribution in [2.75, 3.05) is 11.1 Å². The number of aryl methyl sites for hydroxylation is 2. The van der Waals surface area contributed by atoms with Crippen molar-refractivity contribution < 1.29 is 4.79 Å². The zero-order chi connectivity index (χ0) is 13.2. The molecule has 0 aliphatic heterocycles. The Labute approximate surface area is 112 Å². The maximum absolute atomic E-state index is 12.1. The molecule has 1 amide bonds. The van der Waals surface area contributed by atoms with Crippen molar-refractivity contribution in [1.29, 1.82) is 0 Å². The minimum Gasteiger partial charge on any atom is -0.399 e. The molecule has 3 heteroatoms. The van der Waals surface area contributed by atoms with E-state index in [1.54, 1.807) is 24.3 Å². The Morgan fingerprint density at radius 2 is 1.74 bits per heavy atom. The topological polar surface area (TPSA) is 55.1 Å². The van der Waals surface area contributed by atoms with Crippen LogP contribution in [0.25, 0.3) is 0 Å². The van der Waals surface area contributed by atoms with Crippen LogP contribution in [0.4, 0.5) is 11.4 Å². The van der Waals surface area contributed by atoms with Gasteiger partial charge in [0.15, 0.2) is 0 Å². The predicted molar refractivity (Wildman–Crippen MR) is 77.3 cm³/mol. The number of benzene rings is 2. The molecule has 1 aliphatic rings. The van der Waals surface area contributed by atoms with Gasteiger partial charge < -0.3 is 11.1 Å². The van der Waals surface area contributed by atoms with Crippen molar-refractivity contribution in [3.05, 3.63) is 59.2 Å². The first-order chi connectivity index (χ1) is 9.22. The van der Waals surface area contributed by atoms with Crippen LogP contribution in [0.3, 0.4) is 0 Å². The lowest BCUT2D eigenvalue weighted by Gasteiger charge is -2.07. The van der Waals surface area contributed by atoms with Crippen LogP contribution in [-0.2, 0) is 12.8 Å².